The van der Waals surface area contributed by atoms with Crippen molar-refractivity contribution in [2.24, 2.45) is 5.92 Å². The first-order chi connectivity index (χ1) is 15.2. The second-order valence-electron chi connectivity index (χ2n) is 7.69. The van der Waals surface area contributed by atoms with E-state index in [1.807, 2.05) is 11.4 Å². The summed E-state index contributed by atoms with van der Waals surface area (Å²) in [5.74, 6) is 0.248. The molecule has 4 rings (SSSR count). The fourth-order valence-electron chi connectivity index (χ4n) is 4.01. The number of ether oxygens (including phenoxy) is 2. The average Bonchev–Trinajstić information content (AvgIpc) is 3.50. The highest BCUT2D eigenvalue weighted by atomic mass is 32.1. The largest absolute Gasteiger partial charge is 0.381 e. The van der Waals surface area contributed by atoms with Crippen LogP contribution in [0.3, 0.4) is 0 Å². The molecule has 1 aromatic heterocycles. The van der Waals surface area contributed by atoms with Crippen LogP contribution in [-0.2, 0) is 9.47 Å². The third-order valence-electron chi connectivity index (χ3n) is 5.62. The first-order valence-corrected chi connectivity index (χ1v) is 11.5. The van der Waals surface area contributed by atoms with Gasteiger partial charge < -0.3 is 25.4 Å². The van der Waals surface area contributed by atoms with E-state index in [1.54, 1.807) is 30.3 Å². The Morgan fingerprint density at radius 2 is 1.87 bits per heavy atom. The maximum atomic E-state index is 12.6. The number of nitrogens with one attached hydrogen (secondary N) is 3. The summed E-state index contributed by atoms with van der Waals surface area (Å²) in [4.78, 5) is 27.8. The van der Waals surface area contributed by atoms with Crippen LogP contribution in [0.25, 0.3) is 0 Å². The van der Waals surface area contributed by atoms with Crippen LogP contribution in [-0.4, -0.2) is 68.9 Å². The van der Waals surface area contributed by atoms with E-state index in [4.69, 9.17) is 9.47 Å². The van der Waals surface area contributed by atoms with Crippen LogP contribution in [0.4, 0.5) is 16.2 Å². The molecule has 2 fully saturated rings. The summed E-state index contributed by atoms with van der Waals surface area (Å²) in [5.41, 5.74) is 1.25. The number of nitrogens with zero attached hydrogens (tertiary/aromatic N) is 1. The van der Waals surface area contributed by atoms with E-state index in [0.29, 0.717) is 28.7 Å². The van der Waals surface area contributed by atoms with Crippen LogP contribution in [0.15, 0.2) is 41.8 Å². The van der Waals surface area contributed by atoms with E-state index >= 15 is 0 Å². The minimum absolute atomic E-state index is 0.163. The van der Waals surface area contributed by atoms with E-state index in [-0.39, 0.29) is 18.0 Å². The molecule has 2 aromatic rings. The lowest BCUT2D eigenvalue weighted by atomic mass is 9.97. The lowest BCUT2D eigenvalue weighted by Crippen LogP contribution is -2.52. The molecule has 0 radical (unpaired) electrons. The number of morpholine rings is 1. The zero-order valence-electron chi connectivity index (χ0n) is 17.3. The van der Waals surface area contributed by atoms with Gasteiger partial charge in [-0.3, -0.25) is 9.69 Å². The second-order valence-corrected chi connectivity index (χ2v) is 8.63. The molecule has 2 saturated heterocycles. The van der Waals surface area contributed by atoms with Crippen LogP contribution in [0.1, 0.15) is 16.1 Å². The molecule has 2 unspecified atom stereocenters. The number of carbonyl (C=O) groups is 2. The normalized spacial score (nSPS) is 20.2. The lowest BCUT2D eigenvalue weighted by molar-refractivity contribution is 0.00222. The Morgan fingerprint density at radius 1 is 1.06 bits per heavy atom. The van der Waals surface area contributed by atoms with Crippen molar-refractivity contribution < 1.29 is 19.1 Å². The fraction of sp³-hybridized carbons (Fsp3) is 0.455. The van der Waals surface area contributed by atoms with Crippen molar-refractivity contribution >= 4 is 34.6 Å². The number of carbonyl (C=O) groups excluding carboxylic acids is 2. The maximum absolute atomic E-state index is 12.6. The monoisotopic (exact) mass is 444 g/mol. The Balaban J connectivity index is 1.31. The highest BCUT2D eigenvalue weighted by Gasteiger charge is 2.31. The first-order valence-electron chi connectivity index (χ1n) is 10.6. The third kappa shape index (κ3) is 6.04. The highest BCUT2D eigenvalue weighted by molar-refractivity contribution is 7.12. The Labute approximate surface area is 185 Å². The van der Waals surface area contributed by atoms with Gasteiger partial charge in [0.2, 0.25) is 0 Å². The molecule has 3 amide bonds. The molecule has 3 N–H and O–H groups in total. The van der Waals surface area contributed by atoms with Gasteiger partial charge in [-0.2, -0.15) is 0 Å². The molecule has 2 aliphatic heterocycles. The summed E-state index contributed by atoms with van der Waals surface area (Å²) in [6.45, 7) is 5.25. The first kappa shape index (κ1) is 21.8. The van der Waals surface area contributed by atoms with Gasteiger partial charge in [-0.05, 0) is 36.1 Å². The summed E-state index contributed by atoms with van der Waals surface area (Å²) < 4.78 is 11.1. The number of hydrogen-bond acceptors (Lipinski definition) is 6. The van der Waals surface area contributed by atoms with Crippen LogP contribution < -0.4 is 16.0 Å². The number of benzene rings is 1. The molecule has 2 aliphatic rings. The third-order valence-corrected chi connectivity index (χ3v) is 6.49. The minimum atomic E-state index is -0.265. The van der Waals surface area contributed by atoms with Crippen LogP contribution in [0.2, 0.25) is 0 Å². The molecule has 0 saturated carbocycles. The fourth-order valence-corrected chi connectivity index (χ4v) is 4.63. The molecule has 2 atom stereocenters. The molecule has 0 bridgehead atoms. The number of amides is 3. The van der Waals surface area contributed by atoms with Gasteiger partial charge in [0.15, 0.2) is 0 Å². The number of thiophene rings is 1. The van der Waals surface area contributed by atoms with Gasteiger partial charge in [-0.25, -0.2) is 4.79 Å². The van der Waals surface area contributed by atoms with Gasteiger partial charge >= 0.3 is 6.03 Å². The van der Waals surface area contributed by atoms with Gasteiger partial charge in [0.1, 0.15) is 0 Å². The van der Waals surface area contributed by atoms with Gasteiger partial charge in [-0.15, -0.1) is 11.3 Å². The van der Waals surface area contributed by atoms with Crippen LogP contribution >= 0.6 is 11.3 Å². The van der Waals surface area contributed by atoms with Gasteiger partial charge in [0.25, 0.3) is 5.91 Å². The smallest absolute Gasteiger partial charge is 0.319 e. The van der Waals surface area contributed by atoms with Crippen molar-refractivity contribution in [1.82, 2.24) is 10.2 Å². The van der Waals surface area contributed by atoms with Crippen molar-refractivity contribution in [3.05, 3.63) is 46.7 Å². The zero-order valence-corrected chi connectivity index (χ0v) is 18.2. The summed E-state index contributed by atoms with van der Waals surface area (Å²) in [6, 6.07) is 10.7. The molecule has 0 aliphatic carbocycles. The van der Waals surface area contributed by atoms with Crippen molar-refractivity contribution in [1.29, 1.82) is 0 Å². The summed E-state index contributed by atoms with van der Waals surface area (Å²) in [5, 5.41) is 10.6. The number of hydrogen-bond donors (Lipinski definition) is 3. The molecule has 9 heteroatoms. The molecule has 31 heavy (non-hydrogen) atoms. The predicted octanol–water partition coefficient (Wildman–Crippen LogP) is 2.86. The Bertz CT molecular complexity index is 864. The molecule has 1 aromatic carbocycles. The minimum Gasteiger partial charge on any atom is -0.381 e. The number of urea groups is 1. The maximum Gasteiger partial charge on any atom is 0.319 e. The predicted molar refractivity (Wildman–Crippen MR) is 121 cm³/mol. The second kappa shape index (κ2) is 10.7. The molecule has 166 valence electrons. The van der Waals surface area contributed by atoms with Gasteiger partial charge in [0, 0.05) is 49.6 Å². The standard InChI is InChI=1S/C22H28N4O4S/c27-21(20-5-2-12-31-20)24-17-3-1-4-18(13-17)25-22(28)23-14-19(16-6-9-30-15-16)26-7-10-29-11-8-26/h1-5,12-13,16,19H,6-11,14-15H2,(H,24,27)(H2,23,25,28). The average molecular weight is 445 g/mol. The number of rotatable bonds is 7. The highest BCUT2D eigenvalue weighted by Crippen LogP contribution is 2.22. The molecule has 0 spiro atoms. The molecular formula is C22H28N4O4S. The van der Waals surface area contributed by atoms with Crippen molar-refractivity contribution in [3.63, 3.8) is 0 Å². The molecular weight excluding hydrogens is 416 g/mol. The molecule has 8 nitrogen and oxygen atoms in total. The van der Waals surface area contributed by atoms with E-state index in [2.05, 4.69) is 20.9 Å². The topological polar surface area (TPSA) is 91.9 Å². The van der Waals surface area contributed by atoms with Crippen molar-refractivity contribution in [2.45, 2.75) is 12.5 Å². The van der Waals surface area contributed by atoms with Crippen LogP contribution in [0.5, 0.6) is 0 Å². The zero-order chi connectivity index (χ0) is 21.5. The number of anilines is 2. The van der Waals surface area contributed by atoms with E-state index < -0.39 is 0 Å². The summed E-state index contributed by atoms with van der Waals surface area (Å²) >= 11 is 1.38. The Kier molecular flexibility index (Phi) is 7.52. The Hall–Kier alpha value is -2.46. The van der Waals surface area contributed by atoms with E-state index in [0.717, 1.165) is 45.9 Å². The summed E-state index contributed by atoms with van der Waals surface area (Å²) in [6.07, 6.45) is 1.01. The van der Waals surface area contributed by atoms with Crippen LogP contribution in [0, 0.1) is 5.92 Å². The van der Waals surface area contributed by atoms with Crippen molar-refractivity contribution in [2.75, 3.05) is 56.7 Å². The SMILES string of the molecule is O=C(NCC(C1CCOC1)N1CCOCC1)Nc1cccc(NC(=O)c2cccs2)c1. The van der Waals surface area contributed by atoms with Gasteiger partial charge in [0.05, 0.1) is 24.7 Å². The lowest BCUT2D eigenvalue weighted by Gasteiger charge is -2.37. The van der Waals surface area contributed by atoms with Gasteiger partial charge in [-0.1, -0.05) is 12.1 Å². The van der Waals surface area contributed by atoms with E-state index in [1.165, 1.54) is 11.3 Å². The summed E-state index contributed by atoms with van der Waals surface area (Å²) in [7, 11) is 0. The molecule has 3 heterocycles. The van der Waals surface area contributed by atoms with Crippen molar-refractivity contribution in [3.8, 4) is 0 Å². The van der Waals surface area contributed by atoms with E-state index in [9.17, 15) is 9.59 Å². The Morgan fingerprint density at radius 3 is 2.58 bits per heavy atom. The quantitative estimate of drug-likeness (QED) is 0.611.